The Hall–Kier alpha value is -3.13. The Labute approximate surface area is 185 Å². The zero-order chi connectivity index (χ0) is 21.8. The number of benzene rings is 2. The molecule has 4 rings (SSSR count). The molecule has 2 aromatic rings. The van der Waals surface area contributed by atoms with Crippen LogP contribution in [-0.2, 0) is 16.1 Å². The van der Waals surface area contributed by atoms with E-state index in [2.05, 4.69) is 15.3 Å². The topological polar surface area (TPSA) is 83.4 Å². The molecule has 0 unspecified atom stereocenters. The van der Waals surface area contributed by atoms with Crippen LogP contribution >= 0.6 is 11.8 Å². The van der Waals surface area contributed by atoms with Crippen LogP contribution in [0.4, 0.5) is 5.69 Å². The Morgan fingerprint density at radius 3 is 2.71 bits per heavy atom. The van der Waals surface area contributed by atoms with Crippen molar-refractivity contribution >= 4 is 40.3 Å². The van der Waals surface area contributed by atoms with Gasteiger partial charge in [-0.05, 0) is 36.2 Å². The van der Waals surface area contributed by atoms with Gasteiger partial charge in [0.1, 0.15) is 17.6 Å². The number of para-hydroxylation sites is 1. The Balaban J connectivity index is 1.43. The maximum Gasteiger partial charge on any atom is 0.259 e. The van der Waals surface area contributed by atoms with E-state index >= 15 is 0 Å². The molecular weight excluding hydrogens is 412 g/mol. The van der Waals surface area contributed by atoms with E-state index in [1.807, 2.05) is 55.5 Å². The molecule has 0 saturated carbocycles. The number of nitrogens with one attached hydrogen (secondary N) is 1. The maximum absolute atomic E-state index is 13.0. The highest BCUT2D eigenvalue weighted by Gasteiger charge is 2.40. The molecule has 2 heterocycles. The highest BCUT2D eigenvalue weighted by Crippen LogP contribution is 2.34. The predicted molar refractivity (Wildman–Crippen MR) is 123 cm³/mol. The van der Waals surface area contributed by atoms with Gasteiger partial charge in [-0.25, -0.2) is 9.89 Å². The quantitative estimate of drug-likeness (QED) is 0.720. The van der Waals surface area contributed by atoms with Gasteiger partial charge in [-0.3, -0.25) is 14.6 Å². The highest BCUT2D eigenvalue weighted by atomic mass is 32.2. The van der Waals surface area contributed by atoms with Gasteiger partial charge in [0.15, 0.2) is 5.17 Å². The second kappa shape index (κ2) is 9.34. The largest absolute Gasteiger partial charge is 0.497 e. The molecule has 0 saturated heterocycles. The molecule has 0 aliphatic carbocycles. The molecule has 2 amide bonds. The lowest BCUT2D eigenvalue weighted by atomic mass is 10.1. The Bertz CT molecular complexity index is 1050. The van der Waals surface area contributed by atoms with E-state index in [0.29, 0.717) is 24.0 Å². The maximum atomic E-state index is 13.0. The van der Waals surface area contributed by atoms with E-state index < -0.39 is 0 Å². The van der Waals surface area contributed by atoms with E-state index in [-0.39, 0.29) is 23.6 Å². The fraction of sp³-hybridized carbons (Fsp3) is 0.304. The molecule has 160 valence electrons. The van der Waals surface area contributed by atoms with Crippen molar-refractivity contribution in [3.8, 4) is 5.75 Å². The van der Waals surface area contributed by atoms with E-state index in [1.54, 1.807) is 12.0 Å². The van der Waals surface area contributed by atoms with Crippen LogP contribution in [0.5, 0.6) is 5.75 Å². The number of carbonyl (C=O) groups excluding carboxylic acids is 2. The van der Waals surface area contributed by atoms with Crippen molar-refractivity contribution in [1.82, 2.24) is 10.2 Å². The number of ether oxygens (including phenoxy) is 1. The van der Waals surface area contributed by atoms with Gasteiger partial charge in [0, 0.05) is 12.1 Å². The number of aliphatic imine (C=N–C) groups is 2. The second-order valence-corrected chi connectivity index (χ2v) is 8.20. The zero-order valence-corrected chi connectivity index (χ0v) is 18.3. The monoisotopic (exact) mass is 436 g/mol. The molecule has 0 radical (unpaired) electrons. The molecule has 2 aromatic carbocycles. The number of thioether (sulfide) groups is 1. The number of fused-ring (bicyclic) bond motifs is 3. The van der Waals surface area contributed by atoms with Gasteiger partial charge in [-0.2, -0.15) is 0 Å². The Morgan fingerprint density at radius 2 is 1.97 bits per heavy atom. The molecule has 7 nitrogen and oxygen atoms in total. The molecule has 1 atom stereocenters. The summed E-state index contributed by atoms with van der Waals surface area (Å²) >= 11 is 1.25. The molecule has 0 bridgehead atoms. The summed E-state index contributed by atoms with van der Waals surface area (Å²) in [5.74, 6) is 1.37. The average molecular weight is 437 g/mol. The van der Waals surface area contributed by atoms with E-state index in [4.69, 9.17) is 4.74 Å². The first kappa shape index (κ1) is 21.1. The smallest absolute Gasteiger partial charge is 0.259 e. The highest BCUT2D eigenvalue weighted by molar-refractivity contribution is 8.14. The summed E-state index contributed by atoms with van der Waals surface area (Å²) in [6.45, 7) is 2.46. The van der Waals surface area contributed by atoms with E-state index in [1.165, 1.54) is 11.8 Å². The second-order valence-electron chi connectivity index (χ2n) is 7.26. The Kier molecular flexibility index (Phi) is 6.36. The van der Waals surface area contributed by atoms with Crippen LogP contribution in [0.1, 0.15) is 30.9 Å². The summed E-state index contributed by atoms with van der Waals surface area (Å²) in [5, 5.41) is 3.41. The Morgan fingerprint density at radius 1 is 1.19 bits per heavy atom. The van der Waals surface area contributed by atoms with Crippen molar-refractivity contribution in [2.45, 2.75) is 32.4 Å². The third-order valence-corrected chi connectivity index (χ3v) is 6.03. The molecule has 1 N–H and O–H groups in total. The summed E-state index contributed by atoms with van der Waals surface area (Å²) < 4.78 is 5.15. The lowest BCUT2D eigenvalue weighted by Crippen LogP contribution is -2.41. The van der Waals surface area contributed by atoms with Crippen LogP contribution in [0, 0.1) is 0 Å². The van der Waals surface area contributed by atoms with Gasteiger partial charge >= 0.3 is 0 Å². The first-order chi connectivity index (χ1) is 15.1. The molecule has 0 spiro atoms. The van der Waals surface area contributed by atoms with Gasteiger partial charge in [0.2, 0.25) is 5.91 Å². The van der Waals surface area contributed by atoms with Crippen LogP contribution in [0.2, 0.25) is 0 Å². The van der Waals surface area contributed by atoms with Crippen molar-refractivity contribution < 1.29 is 14.3 Å². The summed E-state index contributed by atoms with van der Waals surface area (Å²) in [5.41, 5.74) is 2.60. The van der Waals surface area contributed by atoms with Crippen LogP contribution in [0.25, 0.3) is 0 Å². The number of methoxy groups -OCH3 is 1. The zero-order valence-electron chi connectivity index (χ0n) is 17.5. The minimum atomic E-state index is -0.388. The molecule has 8 heteroatoms. The lowest BCUT2D eigenvalue weighted by Gasteiger charge is -2.25. The number of carbonyl (C=O) groups is 2. The summed E-state index contributed by atoms with van der Waals surface area (Å²) in [7, 11) is 1.62. The molecule has 31 heavy (non-hydrogen) atoms. The predicted octanol–water partition coefficient (Wildman–Crippen LogP) is 3.50. The van der Waals surface area contributed by atoms with Crippen molar-refractivity contribution in [3.63, 3.8) is 0 Å². The number of hydrogen-bond acceptors (Lipinski definition) is 6. The standard InChI is InChI=1S/C23H24N4O3S/c1-3-6-19-22(29)27-21(25-19)17-7-4-5-8-18(17)26-23(27)31-14-20(28)24-13-15-9-11-16(30-2)12-10-15/h4-5,7-12,19H,3,6,13-14H2,1-2H3,(H,24,28)/t19-/m1/s1. The van der Waals surface area contributed by atoms with E-state index in [0.717, 1.165) is 29.0 Å². The fourth-order valence-corrected chi connectivity index (χ4v) is 4.32. The van der Waals surface area contributed by atoms with Crippen molar-refractivity contribution in [3.05, 3.63) is 59.7 Å². The number of hydrogen-bond donors (Lipinski definition) is 1. The number of amidine groups is 2. The van der Waals surface area contributed by atoms with Crippen LogP contribution in [0.3, 0.4) is 0 Å². The molecule has 0 aromatic heterocycles. The van der Waals surface area contributed by atoms with Gasteiger partial charge in [0.05, 0.1) is 18.6 Å². The van der Waals surface area contributed by atoms with Crippen LogP contribution in [0.15, 0.2) is 58.5 Å². The summed E-state index contributed by atoms with van der Waals surface area (Å²) in [6.07, 6.45) is 1.57. The van der Waals surface area contributed by atoms with Crippen LogP contribution < -0.4 is 10.1 Å². The molecular formula is C23H24N4O3S. The minimum absolute atomic E-state index is 0.0729. The number of rotatable bonds is 7. The first-order valence-electron chi connectivity index (χ1n) is 10.2. The van der Waals surface area contributed by atoms with Crippen LogP contribution in [-0.4, -0.2) is 46.6 Å². The summed E-state index contributed by atoms with van der Waals surface area (Å²) in [6, 6.07) is 14.8. The SMILES string of the molecule is CCC[C@H]1N=C2c3ccccc3N=C(SCC(=O)NCc3ccc(OC)cc3)N2C1=O. The molecule has 0 fully saturated rings. The third-order valence-electron chi connectivity index (χ3n) is 5.09. The van der Waals surface area contributed by atoms with Gasteiger partial charge < -0.3 is 10.1 Å². The van der Waals surface area contributed by atoms with Crippen molar-refractivity contribution in [2.24, 2.45) is 9.98 Å². The normalized spacial score (nSPS) is 16.9. The van der Waals surface area contributed by atoms with Gasteiger partial charge in [-0.15, -0.1) is 0 Å². The number of nitrogens with zero attached hydrogens (tertiary/aromatic N) is 3. The lowest BCUT2D eigenvalue weighted by molar-refractivity contribution is -0.124. The average Bonchev–Trinajstić information content (AvgIpc) is 3.13. The van der Waals surface area contributed by atoms with Crippen molar-refractivity contribution in [1.29, 1.82) is 0 Å². The minimum Gasteiger partial charge on any atom is -0.497 e. The first-order valence-corrected chi connectivity index (χ1v) is 11.2. The summed E-state index contributed by atoms with van der Waals surface area (Å²) in [4.78, 5) is 36.3. The van der Waals surface area contributed by atoms with Crippen molar-refractivity contribution in [2.75, 3.05) is 12.9 Å². The van der Waals surface area contributed by atoms with Gasteiger partial charge in [0.25, 0.3) is 5.91 Å². The van der Waals surface area contributed by atoms with Gasteiger partial charge in [-0.1, -0.05) is 49.4 Å². The molecule has 2 aliphatic rings. The third kappa shape index (κ3) is 4.49. The fourth-order valence-electron chi connectivity index (χ4n) is 3.49. The molecule has 2 aliphatic heterocycles. The van der Waals surface area contributed by atoms with E-state index in [9.17, 15) is 9.59 Å². The number of amides is 2.